The van der Waals surface area contributed by atoms with Crippen LogP contribution in [0, 0.1) is 0 Å². The average molecular weight is 293 g/mol. The molecule has 20 heavy (non-hydrogen) atoms. The highest BCUT2D eigenvalue weighted by molar-refractivity contribution is 7.99. The Balaban J connectivity index is 1.76. The van der Waals surface area contributed by atoms with Crippen LogP contribution in [0.25, 0.3) is 0 Å². The summed E-state index contributed by atoms with van der Waals surface area (Å²) in [7, 11) is 0. The fourth-order valence-corrected chi connectivity index (χ4v) is 3.41. The van der Waals surface area contributed by atoms with E-state index in [4.69, 9.17) is 0 Å². The first-order chi connectivity index (χ1) is 9.72. The highest BCUT2D eigenvalue weighted by Crippen LogP contribution is 2.39. The fraction of sp³-hybridized carbons (Fsp3) is 0.200. The van der Waals surface area contributed by atoms with Crippen LogP contribution in [-0.2, 0) is 0 Å². The summed E-state index contributed by atoms with van der Waals surface area (Å²) in [5.74, 6) is 1.10. The SMILES string of the molecule is FC(F)Oc1cccc(NC2CSc3ccccc32)c1. The molecule has 2 aromatic rings. The van der Waals surface area contributed by atoms with Crippen LogP contribution in [0.4, 0.5) is 14.5 Å². The third kappa shape index (κ3) is 2.88. The van der Waals surface area contributed by atoms with Gasteiger partial charge in [0.05, 0.1) is 6.04 Å². The van der Waals surface area contributed by atoms with Gasteiger partial charge in [-0.25, -0.2) is 0 Å². The molecular formula is C15H13F2NOS. The number of anilines is 1. The Hall–Kier alpha value is -1.75. The molecule has 1 unspecified atom stereocenters. The summed E-state index contributed by atoms with van der Waals surface area (Å²) in [6.45, 7) is -2.80. The van der Waals surface area contributed by atoms with Crippen LogP contribution >= 0.6 is 11.8 Å². The average Bonchev–Trinajstić information content (AvgIpc) is 2.82. The zero-order chi connectivity index (χ0) is 13.9. The number of hydrogen-bond donors (Lipinski definition) is 1. The van der Waals surface area contributed by atoms with Gasteiger partial charge in [-0.05, 0) is 23.8 Å². The molecule has 3 rings (SSSR count). The topological polar surface area (TPSA) is 21.3 Å². The summed E-state index contributed by atoms with van der Waals surface area (Å²) in [6, 6.07) is 15.1. The summed E-state index contributed by atoms with van der Waals surface area (Å²) in [6.07, 6.45) is 0. The quantitative estimate of drug-likeness (QED) is 0.893. The van der Waals surface area contributed by atoms with E-state index >= 15 is 0 Å². The first-order valence-corrected chi connectivity index (χ1v) is 7.24. The Morgan fingerprint density at radius 3 is 2.85 bits per heavy atom. The van der Waals surface area contributed by atoms with E-state index in [0.29, 0.717) is 0 Å². The largest absolute Gasteiger partial charge is 0.435 e. The Morgan fingerprint density at radius 2 is 2.00 bits per heavy atom. The monoisotopic (exact) mass is 293 g/mol. The van der Waals surface area contributed by atoms with Crippen LogP contribution in [0.15, 0.2) is 53.4 Å². The van der Waals surface area contributed by atoms with Gasteiger partial charge >= 0.3 is 6.61 Å². The number of thioether (sulfide) groups is 1. The van der Waals surface area contributed by atoms with Gasteiger partial charge in [-0.3, -0.25) is 0 Å². The third-order valence-corrected chi connectivity index (χ3v) is 4.28. The third-order valence-electron chi connectivity index (χ3n) is 3.10. The van der Waals surface area contributed by atoms with Crippen molar-refractivity contribution in [2.75, 3.05) is 11.1 Å². The molecule has 0 saturated carbocycles. The second-order valence-electron chi connectivity index (χ2n) is 4.45. The lowest BCUT2D eigenvalue weighted by molar-refractivity contribution is -0.0498. The molecule has 0 aliphatic carbocycles. The summed E-state index contributed by atoms with van der Waals surface area (Å²) in [4.78, 5) is 1.27. The van der Waals surface area contributed by atoms with Crippen molar-refractivity contribution in [3.8, 4) is 5.75 Å². The first kappa shape index (κ1) is 13.2. The second-order valence-corrected chi connectivity index (χ2v) is 5.51. The lowest BCUT2D eigenvalue weighted by atomic mass is 10.1. The molecule has 0 amide bonds. The lowest BCUT2D eigenvalue weighted by Crippen LogP contribution is -2.10. The summed E-state index contributed by atoms with van der Waals surface area (Å²) >= 11 is 1.80. The van der Waals surface area contributed by atoms with E-state index in [0.717, 1.165) is 11.4 Å². The molecule has 5 heteroatoms. The summed E-state index contributed by atoms with van der Waals surface area (Å²) in [5, 5.41) is 3.36. The molecule has 104 valence electrons. The van der Waals surface area contributed by atoms with Crippen LogP contribution in [0.3, 0.4) is 0 Å². The predicted molar refractivity (Wildman–Crippen MR) is 76.6 cm³/mol. The maximum absolute atomic E-state index is 12.2. The van der Waals surface area contributed by atoms with Crippen molar-refractivity contribution in [1.29, 1.82) is 0 Å². The molecule has 1 heterocycles. The number of hydrogen-bond acceptors (Lipinski definition) is 3. The van der Waals surface area contributed by atoms with Crippen molar-refractivity contribution >= 4 is 17.4 Å². The van der Waals surface area contributed by atoms with Gasteiger partial charge in [-0.2, -0.15) is 8.78 Å². The van der Waals surface area contributed by atoms with E-state index in [1.165, 1.54) is 16.5 Å². The van der Waals surface area contributed by atoms with Crippen molar-refractivity contribution in [2.24, 2.45) is 0 Å². The van der Waals surface area contributed by atoms with Crippen LogP contribution < -0.4 is 10.1 Å². The van der Waals surface area contributed by atoms with Gasteiger partial charge in [0.15, 0.2) is 0 Å². The number of nitrogens with one attached hydrogen (secondary N) is 1. The van der Waals surface area contributed by atoms with Gasteiger partial charge in [0.25, 0.3) is 0 Å². The van der Waals surface area contributed by atoms with Crippen LogP contribution in [0.5, 0.6) is 5.75 Å². The number of benzene rings is 2. The Bertz CT molecular complexity index is 606. The Labute approximate surface area is 120 Å². The van der Waals surface area contributed by atoms with Crippen LogP contribution in [-0.4, -0.2) is 12.4 Å². The minimum absolute atomic E-state index is 0.170. The molecule has 1 aliphatic rings. The van der Waals surface area contributed by atoms with Gasteiger partial charge in [0.1, 0.15) is 5.75 Å². The molecule has 0 fully saturated rings. The smallest absolute Gasteiger partial charge is 0.387 e. The number of alkyl halides is 2. The molecule has 0 spiro atoms. The fourth-order valence-electron chi connectivity index (χ4n) is 2.25. The zero-order valence-corrected chi connectivity index (χ0v) is 11.4. The Morgan fingerprint density at radius 1 is 1.15 bits per heavy atom. The molecular weight excluding hydrogens is 280 g/mol. The lowest BCUT2D eigenvalue weighted by Gasteiger charge is -2.15. The van der Waals surface area contributed by atoms with Gasteiger partial charge in [0, 0.05) is 22.4 Å². The van der Waals surface area contributed by atoms with E-state index in [1.54, 1.807) is 23.9 Å². The molecule has 0 aromatic heterocycles. The minimum atomic E-state index is -2.80. The highest BCUT2D eigenvalue weighted by atomic mass is 32.2. The molecule has 1 aliphatic heterocycles. The van der Waals surface area contributed by atoms with Gasteiger partial charge < -0.3 is 10.1 Å². The summed E-state index contributed by atoms with van der Waals surface area (Å²) < 4.78 is 28.8. The minimum Gasteiger partial charge on any atom is -0.435 e. The van der Waals surface area contributed by atoms with Crippen molar-refractivity contribution in [3.05, 3.63) is 54.1 Å². The maximum atomic E-state index is 12.2. The van der Waals surface area contributed by atoms with Crippen LogP contribution in [0.1, 0.15) is 11.6 Å². The molecule has 1 N–H and O–H groups in total. The van der Waals surface area contributed by atoms with E-state index in [2.05, 4.69) is 22.2 Å². The van der Waals surface area contributed by atoms with Crippen molar-refractivity contribution < 1.29 is 13.5 Å². The summed E-state index contributed by atoms with van der Waals surface area (Å²) in [5.41, 5.74) is 2.03. The molecule has 2 nitrogen and oxygen atoms in total. The number of ether oxygens (including phenoxy) is 1. The van der Waals surface area contributed by atoms with Crippen LogP contribution in [0.2, 0.25) is 0 Å². The van der Waals surface area contributed by atoms with Gasteiger partial charge in [0.2, 0.25) is 0 Å². The van der Waals surface area contributed by atoms with Crippen molar-refractivity contribution in [3.63, 3.8) is 0 Å². The number of halogens is 2. The predicted octanol–water partition coefficient (Wildman–Crippen LogP) is 4.55. The molecule has 0 bridgehead atoms. The molecule has 0 radical (unpaired) electrons. The van der Waals surface area contributed by atoms with Gasteiger partial charge in [-0.1, -0.05) is 24.3 Å². The van der Waals surface area contributed by atoms with Gasteiger partial charge in [-0.15, -0.1) is 11.8 Å². The standard InChI is InChI=1S/C15H13F2NOS/c16-15(17)19-11-5-3-4-10(8-11)18-13-9-20-14-7-2-1-6-12(13)14/h1-8,13,15,18H,9H2. The molecule has 1 atom stereocenters. The van der Waals surface area contributed by atoms with E-state index < -0.39 is 6.61 Å². The highest BCUT2D eigenvalue weighted by Gasteiger charge is 2.22. The number of rotatable bonds is 4. The number of fused-ring (bicyclic) bond motifs is 1. The van der Waals surface area contributed by atoms with E-state index in [-0.39, 0.29) is 11.8 Å². The maximum Gasteiger partial charge on any atom is 0.387 e. The van der Waals surface area contributed by atoms with Crippen molar-refractivity contribution in [2.45, 2.75) is 17.5 Å². The molecule has 0 saturated heterocycles. The van der Waals surface area contributed by atoms with E-state index in [9.17, 15) is 8.78 Å². The normalized spacial score (nSPS) is 17.1. The zero-order valence-electron chi connectivity index (χ0n) is 10.6. The first-order valence-electron chi connectivity index (χ1n) is 6.25. The molecule has 2 aromatic carbocycles. The second kappa shape index (κ2) is 5.71. The van der Waals surface area contributed by atoms with E-state index in [1.807, 2.05) is 18.2 Å². The van der Waals surface area contributed by atoms with Crippen molar-refractivity contribution in [1.82, 2.24) is 0 Å². The Kier molecular flexibility index (Phi) is 3.78.